The minimum Gasteiger partial charge on any atom is -0.343 e. The van der Waals surface area contributed by atoms with Gasteiger partial charge in [0, 0.05) is 16.6 Å². The molecule has 21 heavy (non-hydrogen) atoms. The normalized spacial score (nSPS) is 12.1. The molecule has 4 nitrogen and oxygen atoms in total. The number of carbonyl (C=O) groups excluding carboxylic acids is 1. The van der Waals surface area contributed by atoms with Gasteiger partial charge in [-0.15, -0.1) is 11.3 Å². The molecule has 1 unspecified atom stereocenters. The van der Waals surface area contributed by atoms with Crippen LogP contribution in [0.3, 0.4) is 0 Å². The molecule has 0 radical (unpaired) electrons. The predicted octanol–water partition coefficient (Wildman–Crippen LogP) is 2.70. The zero-order valence-corrected chi connectivity index (χ0v) is 13.5. The highest BCUT2D eigenvalue weighted by molar-refractivity contribution is 7.11. The molecule has 112 valence electrons. The summed E-state index contributed by atoms with van der Waals surface area (Å²) < 4.78 is 0. The van der Waals surface area contributed by atoms with Gasteiger partial charge in [0.1, 0.15) is 5.01 Å². The molecule has 1 heterocycles. The van der Waals surface area contributed by atoms with Crippen LogP contribution in [0.25, 0.3) is 0 Å². The van der Waals surface area contributed by atoms with Gasteiger partial charge < -0.3 is 10.6 Å². The van der Waals surface area contributed by atoms with E-state index in [-0.39, 0.29) is 11.9 Å². The number of hydrogen-bond donors (Lipinski definition) is 2. The SMILES string of the molecule is CNCCc1ccccc1C(=O)NC(C)c1ncc(C)s1. The van der Waals surface area contributed by atoms with E-state index in [9.17, 15) is 4.79 Å². The van der Waals surface area contributed by atoms with E-state index in [0.29, 0.717) is 0 Å². The Morgan fingerprint density at radius 1 is 1.38 bits per heavy atom. The van der Waals surface area contributed by atoms with Crippen LogP contribution in [0.5, 0.6) is 0 Å². The van der Waals surface area contributed by atoms with E-state index < -0.39 is 0 Å². The quantitative estimate of drug-likeness (QED) is 0.862. The van der Waals surface area contributed by atoms with Gasteiger partial charge in [-0.3, -0.25) is 4.79 Å². The van der Waals surface area contributed by atoms with Gasteiger partial charge >= 0.3 is 0 Å². The van der Waals surface area contributed by atoms with Crippen LogP contribution in [0.4, 0.5) is 0 Å². The van der Waals surface area contributed by atoms with Gasteiger partial charge in [-0.2, -0.15) is 0 Å². The second-order valence-electron chi connectivity index (χ2n) is 5.01. The van der Waals surface area contributed by atoms with Crippen molar-refractivity contribution < 1.29 is 4.79 Å². The Kier molecular flexibility index (Phi) is 5.47. The molecule has 2 rings (SSSR count). The van der Waals surface area contributed by atoms with Crippen LogP contribution < -0.4 is 10.6 Å². The summed E-state index contributed by atoms with van der Waals surface area (Å²) in [6.07, 6.45) is 2.67. The lowest BCUT2D eigenvalue weighted by Crippen LogP contribution is -2.28. The summed E-state index contributed by atoms with van der Waals surface area (Å²) in [6.45, 7) is 4.83. The van der Waals surface area contributed by atoms with Crippen molar-refractivity contribution in [2.75, 3.05) is 13.6 Å². The number of nitrogens with one attached hydrogen (secondary N) is 2. The molecule has 0 saturated carbocycles. The molecule has 1 aromatic carbocycles. The second kappa shape index (κ2) is 7.33. The Hall–Kier alpha value is -1.72. The average molecular weight is 303 g/mol. The van der Waals surface area contributed by atoms with Crippen molar-refractivity contribution in [2.24, 2.45) is 0 Å². The van der Waals surface area contributed by atoms with Crippen LogP contribution in [0, 0.1) is 6.92 Å². The van der Waals surface area contributed by atoms with Crippen molar-refractivity contribution >= 4 is 17.2 Å². The number of aromatic nitrogens is 1. The predicted molar refractivity (Wildman–Crippen MR) is 86.8 cm³/mol. The van der Waals surface area contributed by atoms with E-state index >= 15 is 0 Å². The summed E-state index contributed by atoms with van der Waals surface area (Å²) in [5, 5.41) is 7.08. The number of aryl methyl sites for hydroxylation is 1. The minimum absolute atomic E-state index is 0.0398. The minimum atomic E-state index is -0.0754. The number of thiazole rings is 1. The maximum atomic E-state index is 12.5. The number of rotatable bonds is 6. The van der Waals surface area contributed by atoms with Gasteiger partial charge in [0.15, 0.2) is 0 Å². The number of likely N-dealkylation sites (N-methyl/N-ethyl adjacent to an activating group) is 1. The van der Waals surface area contributed by atoms with Gasteiger partial charge in [-0.05, 0) is 45.5 Å². The largest absolute Gasteiger partial charge is 0.343 e. The summed E-state index contributed by atoms with van der Waals surface area (Å²) >= 11 is 1.62. The maximum absolute atomic E-state index is 12.5. The smallest absolute Gasteiger partial charge is 0.252 e. The Bertz CT molecular complexity index is 609. The summed E-state index contributed by atoms with van der Waals surface area (Å²) in [5.41, 5.74) is 1.81. The van der Waals surface area contributed by atoms with Crippen molar-refractivity contribution in [3.05, 3.63) is 51.5 Å². The third kappa shape index (κ3) is 4.12. The lowest BCUT2D eigenvalue weighted by molar-refractivity contribution is 0.0939. The lowest BCUT2D eigenvalue weighted by atomic mass is 10.0. The standard InChI is InChI=1S/C16H21N3OS/c1-11-10-18-16(21-11)12(2)19-15(20)14-7-5-4-6-13(14)8-9-17-3/h4-7,10,12,17H,8-9H2,1-3H3,(H,19,20). The molecule has 0 aliphatic rings. The summed E-state index contributed by atoms with van der Waals surface area (Å²) in [5.74, 6) is -0.0398. The molecule has 1 aromatic heterocycles. The molecule has 0 aliphatic carbocycles. The Labute approximate surface area is 129 Å². The van der Waals surface area contributed by atoms with Crippen LogP contribution in [-0.4, -0.2) is 24.5 Å². The van der Waals surface area contributed by atoms with Gasteiger partial charge in [0.05, 0.1) is 6.04 Å². The topological polar surface area (TPSA) is 54.0 Å². The number of amides is 1. The highest BCUT2D eigenvalue weighted by atomic mass is 32.1. The summed E-state index contributed by atoms with van der Waals surface area (Å²) in [7, 11) is 1.91. The first-order chi connectivity index (χ1) is 10.1. The monoisotopic (exact) mass is 303 g/mol. The van der Waals surface area contributed by atoms with Gasteiger partial charge in [-0.25, -0.2) is 4.98 Å². The van der Waals surface area contributed by atoms with E-state index in [1.807, 2.05) is 51.4 Å². The van der Waals surface area contributed by atoms with Crippen molar-refractivity contribution in [3.8, 4) is 0 Å². The molecule has 0 fully saturated rings. The second-order valence-corrected chi connectivity index (χ2v) is 6.28. The first-order valence-corrected chi connectivity index (χ1v) is 7.89. The third-order valence-corrected chi connectivity index (χ3v) is 4.36. The molecular weight excluding hydrogens is 282 g/mol. The van der Waals surface area contributed by atoms with E-state index in [1.165, 1.54) is 0 Å². The van der Waals surface area contributed by atoms with Crippen LogP contribution >= 0.6 is 11.3 Å². The van der Waals surface area contributed by atoms with Crippen molar-refractivity contribution in [1.82, 2.24) is 15.6 Å². The Morgan fingerprint density at radius 3 is 2.81 bits per heavy atom. The number of hydrogen-bond acceptors (Lipinski definition) is 4. The Balaban J connectivity index is 2.09. The third-order valence-electron chi connectivity index (χ3n) is 3.26. The van der Waals surface area contributed by atoms with E-state index in [2.05, 4.69) is 15.6 Å². The molecule has 0 saturated heterocycles. The van der Waals surface area contributed by atoms with Gasteiger partial charge in [0.2, 0.25) is 0 Å². The molecule has 5 heteroatoms. The van der Waals surface area contributed by atoms with Gasteiger partial charge in [0.25, 0.3) is 5.91 Å². The fourth-order valence-corrected chi connectivity index (χ4v) is 2.90. The molecule has 2 aromatic rings. The summed E-state index contributed by atoms with van der Waals surface area (Å²) in [4.78, 5) is 17.9. The molecule has 0 aliphatic heterocycles. The van der Waals surface area contributed by atoms with Crippen LogP contribution in [-0.2, 0) is 6.42 Å². The fraction of sp³-hybridized carbons (Fsp3) is 0.375. The van der Waals surface area contributed by atoms with E-state index in [1.54, 1.807) is 11.3 Å². The zero-order chi connectivity index (χ0) is 15.2. The molecule has 0 bridgehead atoms. The van der Waals surface area contributed by atoms with Gasteiger partial charge in [-0.1, -0.05) is 18.2 Å². The molecule has 1 amide bonds. The van der Waals surface area contributed by atoms with Crippen molar-refractivity contribution in [3.63, 3.8) is 0 Å². The molecule has 0 spiro atoms. The fourth-order valence-electron chi connectivity index (χ4n) is 2.13. The number of nitrogens with zero attached hydrogens (tertiary/aromatic N) is 1. The zero-order valence-electron chi connectivity index (χ0n) is 12.6. The van der Waals surface area contributed by atoms with Crippen molar-refractivity contribution in [1.29, 1.82) is 0 Å². The molecule has 1 atom stereocenters. The first kappa shape index (κ1) is 15.7. The summed E-state index contributed by atoms with van der Waals surface area (Å²) in [6, 6.07) is 7.67. The van der Waals surface area contributed by atoms with Crippen molar-refractivity contribution in [2.45, 2.75) is 26.3 Å². The number of benzene rings is 1. The molecule has 2 N–H and O–H groups in total. The van der Waals surface area contributed by atoms with E-state index in [4.69, 9.17) is 0 Å². The highest BCUT2D eigenvalue weighted by Gasteiger charge is 2.16. The van der Waals surface area contributed by atoms with Crippen LogP contribution in [0.15, 0.2) is 30.5 Å². The lowest BCUT2D eigenvalue weighted by Gasteiger charge is -2.14. The molecular formula is C16H21N3OS. The first-order valence-electron chi connectivity index (χ1n) is 7.07. The van der Waals surface area contributed by atoms with E-state index in [0.717, 1.165) is 34.0 Å². The average Bonchev–Trinajstić information content (AvgIpc) is 2.92. The van der Waals surface area contributed by atoms with Crippen LogP contribution in [0.2, 0.25) is 0 Å². The number of carbonyl (C=O) groups is 1. The van der Waals surface area contributed by atoms with Crippen LogP contribution in [0.1, 0.15) is 38.8 Å². The Morgan fingerprint density at radius 2 is 2.14 bits per heavy atom. The highest BCUT2D eigenvalue weighted by Crippen LogP contribution is 2.20. The maximum Gasteiger partial charge on any atom is 0.252 e.